The Bertz CT molecular complexity index is 629. The van der Waals surface area contributed by atoms with Crippen LogP contribution >= 0.6 is 11.3 Å². The van der Waals surface area contributed by atoms with Crippen LogP contribution in [-0.4, -0.2) is 36.7 Å². The average molecular weight is 317 g/mol. The highest BCUT2D eigenvalue weighted by Gasteiger charge is 2.27. The second-order valence-corrected chi connectivity index (χ2v) is 6.48. The van der Waals surface area contributed by atoms with Gasteiger partial charge in [0, 0.05) is 24.2 Å². The number of carbonyl (C=O) groups is 1. The summed E-state index contributed by atoms with van der Waals surface area (Å²) in [5, 5.41) is 3.90. The molecule has 1 aliphatic rings. The minimum Gasteiger partial charge on any atom is -0.365 e. The number of carbonyl (C=O) groups excluding carboxylic acids is 1. The zero-order valence-corrected chi connectivity index (χ0v) is 13.3. The minimum absolute atomic E-state index is 0.0677. The second-order valence-electron chi connectivity index (χ2n) is 5.26. The van der Waals surface area contributed by atoms with Crippen molar-refractivity contribution in [2.75, 3.05) is 24.6 Å². The highest BCUT2D eigenvalue weighted by atomic mass is 32.1. The molecule has 0 radical (unpaired) electrons. The van der Waals surface area contributed by atoms with Crippen molar-refractivity contribution in [3.63, 3.8) is 0 Å². The number of nitrogens with zero attached hydrogens (tertiary/aromatic N) is 2. The maximum Gasteiger partial charge on any atom is 0.251 e. The first-order chi connectivity index (χ1) is 10.7. The Labute approximate surface area is 133 Å². The van der Waals surface area contributed by atoms with Gasteiger partial charge < -0.3 is 15.0 Å². The van der Waals surface area contributed by atoms with Crippen molar-refractivity contribution in [3.05, 3.63) is 47.0 Å². The van der Waals surface area contributed by atoms with E-state index in [-0.39, 0.29) is 5.91 Å². The van der Waals surface area contributed by atoms with E-state index in [9.17, 15) is 4.79 Å². The number of amides is 1. The first kappa shape index (κ1) is 15.0. The van der Waals surface area contributed by atoms with Crippen LogP contribution in [0.4, 0.5) is 5.13 Å². The smallest absolute Gasteiger partial charge is 0.251 e. The van der Waals surface area contributed by atoms with E-state index < -0.39 is 6.10 Å². The summed E-state index contributed by atoms with van der Waals surface area (Å²) in [4.78, 5) is 19.9. The predicted octanol–water partition coefficient (Wildman–Crippen LogP) is 1.97. The Morgan fingerprint density at radius 3 is 3.00 bits per heavy atom. The molecule has 6 heteroatoms. The fourth-order valence-electron chi connectivity index (χ4n) is 2.37. The zero-order valence-electron chi connectivity index (χ0n) is 12.5. The standard InChI is InChI=1S/C16H19N3O2S/c1-12-9-18-16(22-12)19-7-8-21-14(11-19)15(20)17-10-13-5-3-2-4-6-13/h2-6,9,14H,7-8,10-11H2,1H3,(H,17,20). The van der Waals surface area contributed by atoms with Crippen molar-refractivity contribution >= 4 is 22.4 Å². The summed E-state index contributed by atoms with van der Waals surface area (Å²) in [7, 11) is 0. The summed E-state index contributed by atoms with van der Waals surface area (Å²) < 4.78 is 5.61. The molecule has 0 aliphatic carbocycles. The van der Waals surface area contributed by atoms with Gasteiger partial charge in [0.25, 0.3) is 5.91 Å². The fraction of sp³-hybridized carbons (Fsp3) is 0.375. The Kier molecular flexibility index (Phi) is 4.70. The van der Waals surface area contributed by atoms with Crippen LogP contribution in [0.1, 0.15) is 10.4 Å². The van der Waals surface area contributed by atoms with Gasteiger partial charge in [0.15, 0.2) is 11.2 Å². The molecule has 2 heterocycles. The molecular weight excluding hydrogens is 298 g/mol. The first-order valence-electron chi connectivity index (χ1n) is 7.33. The summed E-state index contributed by atoms with van der Waals surface area (Å²) in [6, 6.07) is 9.87. The lowest BCUT2D eigenvalue weighted by Crippen LogP contribution is -2.49. The maximum absolute atomic E-state index is 12.3. The van der Waals surface area contributed by atoms with E-state index in [1.807, 2.05) is 43.5 Å². The lowest BCUT2D eigenvalue weighted by Gasteiger charge is -2.31. The van der Waals surface area contributed by atoms with Crippen LogP contribution in [0, 0.1) is 6.92 Å². The molecule has 1 aliphatic heterocycles. The maximum atomic E-state index is 12.3. The van der Waals surface area contributed by atoms with Crippen LogP contribution in [0.15, 0.2) is 36.5 Å². The molecule has 0 spiro atoms. The lowest BCUT2D eigenvalue weighted by atomic mass is 10.2. The summed E-state index contributed by atoms with van der Waals surface area (Å²) in [5.41, 5.74) is 1.08. The Balaban J connectivity index is 1.56. The summed E-state index contributed by atoms with van der Waals surface area (Å²) in [5.74, 6) is -0.0677. The molecule has 0 saturated carbocycles. The number of aromatic nitrogens is 1. The molecule has 2 aromatic rings. The van der Waals surface area contributed by atoms with Gasteiger partial charge in [0.1, 0.15) is 0 Å². The first-order valence-corrected chi connectivity index (χ1v) is 8.14. The summed E-state index contributed by atoms with van der Waals surface area (Å²) in [6.07, 6.45) is 1.42. The SMILES string of the molecule is Cc1cnc(N2CCOC(C(=O)NCc3ccccc3)C2)s1. The molecule has 116 valence electrons. The predicted molar refractivity (Wildman–Crippen MR) is 87.1 cm³/mol. The molecule has 1 N–H and O–H groups in total. The highest BCUT2D eigenvalue weighted by Crippen LogP contribution is 2.23. The van der Waals surface area contributed by atoms with Gasteiger partial charge in [-0.1, -0.05) is 30.3 Å². The normalized spacial score (nSPS) is 18.2. The molecule has 1 amide bonds. The van der Waals surface area contributed by atoms with Crippen LogP contribution in [0.2, 0.25) is 0 Å². The third-order valence-corrected chi connectivity index (χ3v) is 4.52. The van der Waals surface area contributed by atoms with Crippen molar-refractivity contribution in [3.8, 4) is 0 Å². The van der Waals surface area contributed by atoms with Gasteiger partial charge in [0.05, 0.1) is 13.2 Å². The molecule has 1 aromatic carbocycles. The molecular formula is C16H19N3O2S. The molecule has 1 saturated heterocycles. The molecule has 22 heavy (non-hydrogen) atoms. The zero-order chi connectivity index (χ0) is 15.4. The number of thiazole rings is 1. The monoisotopic (exact) mass is 317 g/mol. The van der Waals surface area contributed by atoms with E-state index in [2.05, 4.69) is 15.2 Å². The van der Waals surface area contributed by atoms with Crippen LogP contribution in [0.25, 0.3) is 0 Å². The van der Waals surface area contributed by atoms with Gasteiger partial charge >= 0.3 is 0 Å². The van der Waals surface area contributed by atoms with Gasteiger partial charge in [-0.2, -0.15) is 0 Å². The highest BCUT2D eigenvalue weighted by molar-refractivity contribution is 7.15. The number of benzene rings is 1. The largest absolute Gasteiger partial charge is 0.365 e. The Hall–Kier alpha value is -1.92. The number of hydrogen-bond donors (Lipinski definition) is 1. The molecule has 5 nitrogen and oxygen atoms in total. The Morgan fingerprint density at radius 2 is 2.27 bits per heavy atom. The van der Waals surface area contributed by atoms with Gasteiger partial charge in [0.2, 0.25) is 0 Å². The van der Waals surface area contributed by atoms with Crippen molar-refractivity contribution in [1.29, 1.82) is 0 Å². The van der Waals surface area contributed by atoms with Gasteiger partial charge in [-0.3, -0.25) is 4.79 Å². The van der Waals surface area contributed by atoms with Crippen LogP contribution in [0.3, 0.4) is 0 Å². The second kappa shape index (κ2) is 6.89. The molecule has 1 aromatic heterocycles. The van der Waals surface area contributed by atoms with Gasteiger partial charge in [-0.15, -0.1) is 11.3 Å². The van der Waals surface area contributed by atoms with Crippen molar-refractivity contribution < 1.29 is 9.53 Å². The van der Waals surface area contributed by atoms with E-state index in [4.69, 9.17) is 4.74 Å². The van der Waals surface area contributed by atoms with E-state index in [1.54, 1.807) is 11.3 Å². The van der Waals surface area contributed by atoms with Gasteiger partial charge in [-0.05, 0) is 12.5 Å². The summed E-state index contributed by atoms with van der Waals surface area (Å²) >= 11 is 1.65. The van der Waals surface area contributed by atoms with Gasteiger partial charge in [-0.25, -0.2) is 4.98 Å². The minimum atomic E-state index is -0.443. The fourth-order valence-corrected chi connectivity index (χ4v) is 3.16. The summed E-state index contributed by atoms with van der Waals surface area (Å²) in [6.45, 7) is 4.42. The number of anilines is 1. The number of nitrogens with one attached hydrogen (secondary N) is 1. The van der Waals surface area contributed by atoms with E-state index >= 15 is 0 Å². The number of hydrogen-bond acceptors (Lipinski definition) is 5. The van der Waals surface area contributed by atoms with Crippen molar-refractivity contribution in [1.82, 2.24) is 10.3 Å². The number of aryl methyl sites for hydroxylation is 1. The molecule has 1 unspecified atom stereocenters. The number of rotatable bonds is 4. The molecule has 1 atom stereocenters. The van der Waals surface area contributed by atoms with E-state index in [0.717, 1.165) is 17.2 Å². The lowest BCUT2D eigenvalue weighted by molar-refractivity contribution is -0.133. The van der Waals surface area contributed by atoms with Crippen LogP contribution in [-0.2, 0) is 16.1 Å². The van der Waals surface area contributed by atoms with Crippen LogP contribution < -0.4 is 10.2 Å². The number of morpholine rings is 1. The topological polar surface area (TPSA) is 54.5 Å². The van der Waals surface area contributed by atoms with E-state index in [0.29, 0.717) is 19.7 Å². The van der Waals surface area contributed by atoms with E-state index in [1.165, 1.54) is 4.88 Å². The average Bonchev–Trinajstić information content (AvgIpc) is 3.00. The quantitative estimate of drug-likeness (QED) is 0.937. The molecule has 3 rings (SSSR count). The van der Waals surface area contributed by atoms with Crippen molar-refractivity contribution in [2.45, 2.75) is 19.6 Å². The molecule has 0 bridgehead atoms. The van der Waals surface area contributed by atoms with Crippen LogP contribution in [0.5, 0.6) is 0 Å². The molecule has 1 fully saturated rings. The third-order valence-electron chi connectivity index (χ3n) is 3.55. The third kappa shape index (κ3) is 3.64. The number of ether oxygens (including phenoxy) is 1. The Morgan fingerprint density at radius 1 is 1.45 bits per heavy atom. The van der Waals surface area contributed by atoms with Crippen molar-refractivity contribution in [2.24, 2.45) is 0 Å².